The van der Waals surface area contributed by atoms with Gasteiger partial charge in [-0.2, -0.15) is 4.31 Å². The maximum atomic E-state index is 13.0. The number of piperidine rings is 1. The van der Waals surface area contributed by atoms with Crippen LogP contribution in [-0.4, -0.2) is 62.3 Å². The van der Waals surface area contributed by atoms with Crippen molar-refractivity contribution < 1.29 is 17.9 Å². The Balaban J connectivity index is 1.41. The number of carbonyl (C=O) groups excluding carboxylic acids is 1. The molecular weight excluding hydrogens is 521 g/mol. The zero-order chi connectivity index (χ0) is 24.9. The Bertz CT molecular complexity index is 1100. The van der Waals surface area contributed by atoms with E-state index in [0.717, 1.165) is 32.1 Å². The van der Waals surface area contributed by atoms with Crippen molar-refractivity contribution in [3.8, 4) is 5.88 Å². The number of hydrogen-bond donors (Lipinski definition) is 0. The minimum absolute atomic E-state index is 0.0123. The van der Waals surface area contributed by atoms with Gasteiger partial charge in [0.1, 0.15) is 10.0 Å². The number of aromatic nitrogens is 1. The van der Waals surface area contributed by atoms with Gasteiger partial charge >= 0.3 is 0 Å². The molecule has 0 N–H and O–H groups in total. The van der Waals surface area contributed by atoms with E-state index in [1.54, 1.807) is 32.3 Å². The fourth-order valence-corrected chi connectivity index (χ4v) is 6.69. The first kappa shape index (κ1) is 27.0. The van der Waals surface area contributed by atoms with Gasteiger partial charge < -0.3 is 9.64 Å². The summed E-state index contributed by atoms with van der Waals surface area (Å²) in [6.07, 6.45) is 4.38. The zero-order valence-corrected chi connectivity index (χ0v) is 22.2. The van der Waals surface area contributed by atoms with Crippen molar-refractivity contribution in [1.82, 2.24) is 14.2 Å². The Morgan fingerprint density at radius 3 is 2.32 bits per heavy atom. The summed E-state index contributed by atoms with van der Waals surface area (Å²) in [6, 6.07) is 7.96. The molecule has 0 unspecified atom stereocenters. The van der Waals surface area contributed by atoms with Crippen LogP contribution in [0, 0.1) is 5.92 Å². The van der Waals surface area contributed by atoms with Gasteiger partial charge in [-0.15, -0.1) is 0 Å². The van der Waals surface area contributed by atoms with Gasteiger partial charge in [0.15, 0.2) is 0 Å². The smallest absolute Gasteiger partial charge is 0.256 e. The number of pyridine rings is 1. The topological polar surface area (TPSA) is 79.8 Å². The van der Waals surface area contributed by atoms with Crippen molar-refractivity contribution in [2.75, 3.05) is 33.8 Å². The number of benzene rings is 1. The van der Waals surface area contributed by atoms with E-state index in [1.807, 2.05) is 0 Å². The van der Waals surface area contributed by atoms with Crippen LogP contribution in [0.3, 0.4) is 0 Å². The number of rotatable bonds is 9. The molecule has 1 aromatic heterocycles. The Kier molecular flexibility index (Phi) is 9.46. The molecule has 34 heavy (non-hydrogen) atoms. The Morgan fingerprint density at radius 2 is 1.74 bits per heavy atom. The maximum absolute atomic E-state index is 13.0. The van der Waals surface area contributed by atoms with Gasteiger partial charge in [-0.3, -0.25) is 4.79 Å². The second-order valence-electron chi connectivity index (χ2n) is 8.43. The second kappa shape index (κ2) is 11.9. The lowest BCUT2D eigenvalue weighted by molar-refractivity contribution is 0.0827. The molecule has 1 amide bonds. The SMILES string of the molecule is CN(C)C(=O)c1ccc(OCCCCC2CCN(S(=O)(=O)c3c(Cl)cccc3Cl)CC2)nc1Cl. The highest BCUT2D eigenvalue weighted by atomic mass is 35.5. The van der Waals surface area contributed by atoms with Crippen molar-refractivity contribution in [2.45, 2.75) is 37.0 Å². The Hall–Kier alpha value is -1.58. The molecule has 186 valence electrons. The molecule has 0 aliphatic carbocycles. The first-order chi connectivity index (χ1) is 16.1. The highest BCUT2D eigenvalue weighted by Gasteiger charge is 2.32. The summed E-state index contributed by atoms with van der Waals surface area (Å²) in [5.74, 6) is 0.631. The first-order valence-electron chi connectivity index (χ1n) is 11.1. The lowest BCUT2D eigenvalue weighted by Crippen LogP contribution is -2.38. The highest BCUT2D eigenvalue weighted by molar-refractivity contribution is 7.89. The lowest BCUT2D eigenvalue weighted by Gasteiger charge is -2.31. The third-order valence-corrected chi connectivity index (χ3v) is 8.95. The minimum Gasteiger partial charge on any atom is -0.478 e. The van der Waals surface area contributed by atoms with Crippen LogP contribution in [0.2, 0.25) is 15.2 Å². The molecule has 2 heterocycles. The monoisotopic (exact) mass is 547 g/mol. The number of carbonyl (C=O) groups is 1. The van der Waals surface area contributed by atoms with E-state index in [-0.39, 0.29) is 26.0 Å². The third-order valence-electron chi connectivity index (χ3n) is 5.81. The van der Waals surface area contributed by atoms with E-state index in [0.29, 0.717) is 37.1 Å². The normalized spacial score (nSPS) is 15.3. The molecule has 0 radical (unpaired) electrons. The summed E-state index contributed by atoms with van der Waals surface area (Å²) < 4.78 is 33.1. The maximum Gasteiger partial charge on any atom is 0.256 e. The molecule has 0 atom stereocenters. The number of sulfonamides is 1. The van der Waals surface area contributed by atoms with E-state index in [1.165, 1.54) is 21.3 Å². The summed E-state index contributed by atoms with van der Waals surface area (Å²) >= 11 is 18.3. The predicted octanol–water partition coefficient (Wildman–Crippen LogP) is 5.39. The van der Waals surface area contributed by atoms with Crippen molar-refractivity contribution in [3.05, 3.63) is 51.1 Å². The van der Waals surface area contributed by atoms with Crippen LogP contribution in [0.4, 0.5) is 0 Å². The Labute approximate surface area is 216 Å². The van der Waals surface area contributed by atoms with Crippen molar-refractivity contribution in [1.29, 1.82) is 0 Å². The molecule has 2 aromatic rings. The van der Waals surface area contributed by atoms with Gasteiger partial charge in [0.05, 0.1) is 22.2 Å². The molecule has 3 rings (SSSR count). The summed E-state index contributed by atoms with van der Waals surface area (Å²) in [5.41, 5.74) is 0.337. The van der Waals surface area contributed by atoms with E-state index >= 15 is 0 Å². The van der Waals surface area contributed by atoms with Gasteiger partial charge in [-0.1, -0.05) is 47.3 Å². The molecule has 0 saturated carbocycles. The molecule has 1 aliphatic heterocycles. The predicted molar refractivity (Wildman–Crippen MR) is 135 cm³/mol. The molecule has 11 heteroatoms. The van der Waals surface area contributed by atoms with Gasteiger partial charge in [0.25, 0.3) is 5.91 Å². The van der Waals surface area contributed by atoms with Crippen LogP contribution in [-0.2, 0) is 10.0 Å². The van der Waals surface area contributed by atoms with Gasteiger partial charge in [0.2, 0.25) is 15.9 Å². The molecule has 0 spiro atoms. The van der Waals surface area contributed by atoms with Crippen LogP contribution in [0.15, 0.2) is 35.2 Å². The lowest BCUT2D eigenvalue weighted by atomic mass is 9.92. The fourth-order valence-electron chi connectivity index (χ4n) is 3.91. The van der Waals surface area contributed by atoms with E-state index in [9.17, 15) is 13.2 Å². The first-order valence-corrected chi connectivity index (χ1v) is 13.6. The highest BCUT2D eigenvalue weighted by Crippen LogP contribution is 2.34. The zero-order valence-electron chi connectivity index (χ0n) is 19.1. The standard InChI is InChI=1S/C23H28Cl3N3O4S/c1-28(2)23(30)17-9-10-20(27-22(17)26)33-15-4-3-6-16-11-13-29(14-12-16)34(31,32)21-18(24)7-5-8-19(21)25/h5,7-10,16H,3-4,6,11-15H2,1-2H3. The molecule has 1 aromatic carbocycles. The van der Waals surface area contributed by atoms with Gasteiger partial charge in [-0.25, -0.2) is 13.4 Å². The number of halogens is 3. The van der Waals surface area contributed by atoms with Crippen LogP contribution in [0.25, 0.3) is 0 Å². The average molecular weight is 549 g/mol. The molecule has 1 fully saturated rings. The third kappa shape index (κ3) is 6.55. The van der Waals surface area contributed by atoms with E-state index in [4.69, 9.17) is 39.5 Å². The second-order valence-corrected chi connectivity index (χ2v) is 11.5. The number of ether oxygens (including phenoxy) is 1. The van der Waals surface area contributed by atoms with Crippen LogP contribution < -0.4 is 4.74 Å². The van der Waals surface area contributed by atoms with Crippen LogP contribution >= 0.6 is 34.8 Å². The summed E-state index contributed by atoms with van der Waals surface area (Å²) in [7, 11) is -0.409. The summed E-state index contributed by atoms with van der Waals surface area (Å²) in [6.45, 7) is 1.39. The largest absolute Gasteiger partial charge is 0.478 e. The van der Waals surface area contributed by atoms with E-state index < -0.39 is 10.0 Å². The van der Waals surface area contributed by atoms with Crippen LogP contribution in [0.5, 0.6) is 5.88 Å². The molecule has 1 aliphatic rings. The van der Waals surface area contributed by atoms with Crippen LogP contribution in [0.1, 0.15) is 42.5 Å². The average Bonchev–Trinajstić information content (AvgIpc) is 2.78. The van der Waals surface area contributed by atoms with Crippen molar-refractivity contribution in [3.63, 3.8) is 0 Å². The van der Waals surface area contributed by atoms with Gasteiger partial charge in [-0.05, 0) is 49.8 Å². The van der Waals surface area contributed by atoms with Crippen molar-refractivity contribution in [2.24, 2.45) is 5.92 Å². The van der Waals surface area contributed by atoms with Crippen molar-refractivity contribution >= 4 is 50.7 Å². The molecule has 0 bridgehead atoms. The number of hydrogen-bond acceptors (Lipinski definition) is 5. The molecular formula is C23H28Cl3N3O4S. The summed E-state index contributed by atoms with van der Waals surface area (Å²) in [5, 5.41) is 0.407. The number of amides is 1. The van der Waals surface area contributed by atoms with Gasteiger partial charge in [0, 0.05) is 33.3 Å². The minimum atomic E-state index is -3.72. The summed E-state index contributed by atoms with van der Waals surface area (Å²) in [4.78, 5) is 17.6. The quantitative estimate of drug-likeness (QED) is 0.310. The molecule has 1 saturated heterocycles. The molecule has 7 nitrogen and oxygen atoms in total. The number of nitrogens with zero attached hydrogens (tertiary/aromatic N) is 3. The van der Waals surface area contributed by atoms with E-state index in [2.05, 4.69) is 4.98 Å². The number of unbranched alkanes of at least 4 members (excludes halogenated alkanes) is 1. The fraction of sp³-hybridized carbons (Fsp3) is 0.478. The Morgan fingerprint density at radius 1 is 1.09 bits per heavy atom.